The maximum Gasteiger partial charge on any atom is 0.416 e. The number of carbonyl (C=O) groups excluding carboxylic acids is 1. The fourth-order valence-electron chi connectivity index (χ4n) is 2.99. The molecule has 0 radical (unpaired) electrons. The van der Waals surface area contributed by atoms with E-state index in [1.807, 2.05) is 0 Å². The number of fused-ring (bicyclic) bond motifs is 1. The van der Waals surface area contributed by atoms with Gasteiger partial charge in [-0.2, -0.15) is 13.2 Å². The van der Waals surface area contributed by atoms with E-state index in [4.69, 9.17) is 0 Å². The van der Waals surface area contributed by atoms with Crippen LogP contribution in [-0.4, -0.2) is 29.0 Å². The highest BCUT2D eigenvalue weighted by Crippen LogP contribution is 2.35. The molecule has 0 saturated heterocycles. The minimum atomic E-state index is -4.68. The number of pyridine rings is 1. The van der Waals surface area contributed by atoms with Crippen LogP contribution in [0.25, 0.3) is 0 Å². The van der Waals surface area contributed by atoms with Gasteiger partial charge in [0, 0.05) is 25.5 Å². The van der Waals surface area contributed by atoms with Crippen molar-refractivity contribution in [2.24, 2.45) is 0 Å². The van der Waals surface area contributed by atoms with Crippen molar-refractivity contribution in [1.82, 2.24) is 9.88 Å². The number of hydrogen-bond donors (Lipinski definition) is 0. The quantitative estimate of drug-likeness (QED) is 0.796. The minimum absolute atomic E-state index is 0.212. The molecule has 1 amide bonds. The van der Waals surface area contributed by atoms with Gasteiger partial charge in [-0.3, -0.25) is 9.78 Å². The van der Waals surface area contributed by atoms with Crippen molar-refractivity contribution < 1.29 is 26.4 Å². The third-order valence-electron chi connectivity index (χ3n) is 4.67. The minimum Gasteiger partial charge on any atom is -0.333 e. The summed E-state index contributed by atoms with van der Waals surface area (Å²) in [5.41, 5.74) is 0.607. The number of halogens is 3. The van der Waals surface area contributed by atoms with Crippen molar-refractivity contribution in [3.63, 3.8) is 0 Å². The maximum absolute atomic E-state index is 13.0. The molecule has 0 unspecified atom stereocenters. The molecular weight excluding hydrogens is 381 g/mol. The summed E-state index contributed by atoms with van der Waals surface area (Å²) in [5.74, 6) is -0.670. The first-order chi connectivity index (χ1) is 12.4. The highest BCUT2D eigenvalue weighted by Gasteiger charge is 2.46. The molecule has 0 aliphatic carbocycles. The summed E-state index contributed by atoms with van der Waals surface area (Å²) in [7, 11) is -4.35. The molecule has 2 heterocycles. The van der Waals surface area contributed by atoms with Gasteiger partial charge in [0.1, 0.15) is 4.75 Å². The number of sulfone groups is 1. The van der Waals surface area contributed by atoms with Crippen LogP contribution in [0, 0.1) is 0 Å². The van der Waals surface area contributed by atoms with Crippen molar-refractivity contribution >= 4 is 15.7 Å². The second kappa shape index (κ2) is 6.33. The van der Waals surface area contributed by atoms with Crippen LogP contribution in [0.4, 0.5) is 13.2 Å². The van der Waals surface area contributed by atoms with Crippen LogP contribution in [0.3, 0.4) is 0 Å². The zero-order valence-electron chi connectivity index (χ0n) is 14.6. The van der Waals surface area contributed by atoms with E-state index >= 15 is 0 Å². The van der Waals surface area contributed by atoms with Gasteiger partial charge < -0.3 is 4.90 Å². The lowest BCUT2D eigenvalue weighted by Crippen LogP contribution is -2.48. The summed E-state index contributed by atoms with van der Waals surface area (Å²) in [5, 5.41) is 0. The Morgan fingerprint density at radius 1 is 1.11 bits per heavy atom. The number of rotatable bonds is 3. The lowest BCUT2D eigenvalue weighted by molar-refractivity contribution is -0.137. The van der Waals surface area contributed by atoms with Crippen LogP contribution in [-0.2, 0) is 33.9 Å². The molecule has 0 saturated carbocycles. The Balaban J connectivity index is 1.93. The SMILES string of the molecule is CC(C)(C(=O)N1Cc2ccncc2C1)S(=O)(=O)c1cccc(C(F)(F)F)c1. The monoisotopic (exact) mass is 398 g/mol. The number of nitrogens with zero attached hydrogens (tertiary/aromatic N) is 2. The van der Waals surface area contributed by atoms with Crippen LogP contribution >= 0.6 is 0 Å². The average molecular weight is 398 g/mol. The molecule has 0 atom stereocenters. The predicted molar refractivity (Wildman–Crippen MR) is 91.2 cm³/mol. The number of aromatic nitrogens is 1. The van der Waals surface area contributed by atoms with Gasteiger partial charge in [-0.15, -0.1) is 0 Å². The molecule has 0 fully saturated rings. The molecule has 1 aromatic carbocycles. The van der Waals surface area contributed by atoms with Gasteiger partial charge in [0.25, 0.3) is 0 Å². The molecule has 1 aliphatic heterocycles. The molecule has 0 N–H and O–H groups in total. The largest absolute Gasteiger partial charge is 0.416 e. The van der Waals surface area contributed by atoms with E-state index in [0.717, 1.165) is 29.3 Å². The Bertz CT molecular complexity index is 976. The smallest absolute Gasteiger partial charge is 0.333 e. The Morgan fingerprint density at radius 2 is 1.78 bits per heavy atom. The maximum atomic E-state index is 13.0. The van der Waals surface area contributed by atoms with E-state index in [2.05, 4.69) is 4.98 Å². The summed E-state index contributed by atoms with van der Waals surface area (Å²) < 4.78 is 62.8. The molecule has 3 rings (SSSR count). The third-order valence-corrected chi connectivity index (χ3v) is 7.07. The van der Waals surface area contributed by atoms with Crippen molar-refractivity contribution in [2.45, 2.75) is 42.8 Å². The molecule has 144 valence electrons. The highest BCUT2D eigenvalue weighted by molar-refractivity contribution is 7.93. The van der Waals surface area contributed by atoms with E-state index < -0.39 is 37.1 Å². The van der Waals surface area contributed by atoms with E-state index in [9.17, 15) is 26.4 Å². The van der Waals surface area contributed by atoms with Gasteiger partial charge in [-0.25, -0.2) is 8.42 Å². The predicted octanol–water partition coefficient (Wildman–Crippen LogP) is 3.20. The Kier molecular flexibility index (Phi) is 4.54. The molecule has 1 aromatic heterocycles. The molecule has 9 heteroatoms. The molecule has 1 aliphatic rings. The van der Waals surface area contributed by atoms with Gasteiger partial charge in [-0.05, 0) is 49.2 Å². The Morgan fingerprint density at radius 3 is 2.41 bits per heavy atom. The molecule has 5 nitrogen and oxygen atoms in total. The van der Waals surface area contributed by atoms with Crippen molar-refractivity contribution in [2.75, 3.05) is 0 Å². The van der Waals surface area contributed by atoms with Gasteiger partial charge in [0.2, 0.25) is 5.91 Å². The van der Waals surface area contributed by atoms with Crippen LogP contribution in [0.5, 0.6) is 0 Å². The fraction of sp³-hybridized carbons (Fsp3) is 0.333. The first-order valence-corrected chi connectivity index (χ1v) is 9.56. The molecular formula is C18H17F3N2O3S. The first-order valence-electron chi connectivity index (χ1n) is 8.07. The number of alkyl halides is 3. The summed E-state index contributed by atoms with van der Waals surface area (Å²) >= 11 is 0. The van der Waals surface area contributed by atoms with Crippen molar-refractivity contribution in [3.05, 3.63) is 59.4 Å². The highest BCUT2D eigenvalue weighted by atomic mass is 32.2. The van der Waals surface area contributed by atoms with E-state index in [1.54, 1.807) is 18.5 Å². The van der Waals surface area contributed by atoms with E-state index in [0.29, 0.717) is 6.07 Å². The van der Waals surface area contributed by atoms with E-state index in [-0.39, 0.29) is 13.1 Å². The zero-order valence-corrected chi connectivity index (χ0v) is 15.4. The average Bonchev–Trinajstić information content (AvgIpc) is 3.04. The van der Waals surface area contributed by atoms with Crippen LogP contribution in [0.2, 0.25) is 0 Å². The summed E-state index contributed by atoms with van der Waals surface area (Å²) in [6.45, 7) is 2.88. The topological polar surface area (TPSA) is 67.3 Å². The molecule has 0 spiro atoms. The zero-order chi connectivity index (χ0) is 20.0. The normalized spacial score (nSPS) is 14.9. The lowest BCUT2D eigenvalue weighted by Gasteiger charge is -2.29. The van der Waals surface area contributed by atoms with E-state index in [1.165, 1.54) is 18.7 Å². The van der Waals surface area contributed by atoms with Crippen molar-refractivity contribution in [1.29, 1.82) is 0 Å². The Hall–Kier alpha value is -2.42. The summed E-state index contributed by atoms with van der Waals surface area (Å²) in [6.07, 6.45) is -1.49. The molecule has 0 bridgehead atoms. The van der Waals surface area contributed by atoms with Gasteiger partial charge in [-0.1, -0.05) is 6.07 Å². The Labute approximate surface area is 154 Å². The van der Waals surface area contributed by atoms with Gasteiger partial charge in [0.15, 0.2) is 9.84 Å². The van der Waals surface area contributed by atoms with Crippen molar-refractivity contribution in [3.8, 4) is 0 Å². The van der Waals surface area contributed by atoms with Crippen LogP contribution in [0.15, 0.2) is 47.6 Å². The number of carbonyl (C=O) groups is 1. The standard InChI is InChI=1S/C18H17F3N2O3S/c1-17(2,16(24)23-10-12-6-7-22-9-13(12)11-23)27(25,26)15-5-3-4-14(8-15)18(19,20)21/h3-9H,10-11H2,1-2H3. The molecule has 2 aromatic rings. The number of benzene rings is 1. The summed E-state index contributed by atoms with van der Waals surface area (Å²) in [6, 6.07) is 5.19. The molecule has 27 heavy (non-hydrogen) atoms. The second-order valence-electron chi connectivity index (χ2n) is 6.84. The van der Waals surface area contributed by atoms with Crippen LogP contribution in [0.1, 0.15) is 30.5 Å². The summed E-state index contributed by atoms with van der Waals surface area (Å²) in [4.78, 5) is 17.8. The lowest BCUT2D eigenvalue weighted by atomic mass is 10.2. The van der Waals surface area contributed by atoms with Crippen LogP contribution < -0.4 is 0 Å². The first kappa shape index (κ1) is 19.3. The fourth-order valence-corrected chi connectivity index (χ4v) is 4.48. The van der Waals surface area contributed by atoms with Gasteiger partial charge >= 0.3 is 6.18 Å². The number of amides is 1. The third kappa shape index (κ3) is 3.31. The number of hydrogen-bond acceptors (Lipinski definition) is 4. The van der Waals surface area contributed by atoms with Gasteiger partial charge in [0.05, 0.1) is 10.5 Å². The second-order valence-corrected chi connectivity index (χ2v) is 9.34.